The molecule has 130 valence electrons. The number of ether oxygens (including phenoxy) is 1. The lowest BCUT2D eigenvalue weighted by Crippen LogP contribution is -2.41. The van der Waals surface area contributed by atoms with Crippen LogP contribution in [0.15, 0.2) is 48.8 Å². The minimum Gasteiger partial charge on any atom is -0.497 e. The Morgan fingerprint density at radius 2 is 2.08 bits per heavy atom. The summed E-state index contributed by atoms with van der Waals surface area (Å²) in [4.78, 5) is 30.2. The summed E-state index contributed by atoms with van der Waals surface area (Å²) in [6, 6.07) is 11.3. The van der Waals surface area contributed by atoms with E-state index in [4.69, 9.17) is 4.74 Å². The first-order chi connectivity index (χ1) is 12.2. The van der Waals surface area contributed by atoms with Crippen LogP contribution in [0.5, 0.6) is 5.75 Å². The van der Waals surface area contributed by atoms with Gasteiger partial charge in [-0.1, -0.05) is 18.2 Å². The SMILES string of the molecule is COc1ccc(CNC(=O)C(=O)N2CCC(c3cccnc3)C2)cc1. The van der Waals surface area contributed by atoms with Crippen molar-refractivity contribution < 1.29 is 14.3 Å². The number of pyridine rings is 1. The topological polar surface area (TPSA) is 71.5 Å². The minimum atomic E-state index is -0.567. The minimum absolute atomic E-state index is 0.243. The maximum absolute atomic E-state index is 12.3. The third-order valence-electron chi connectivity index (χ3n) is 4.44. The van der Waals surface area contributed by atoms with E-state index in [2.05, 4.69) is 10.3 Å². The molecule has 2 amide bonds. The molecule has 1 saturated heterocycles. The van der Waals surface area contributed by atoms with E-state index in [-0.39, 0.29) is 5.92 Å². The largest absolute Gasteiger partial charge is 0.497 e. The number of amides is 2. The van der Waals surface area contributed by atoms with Crippen molar-refractivity contribution in [3.8, 4) is 5.75 Å². The van der Waals surface area contributed by atoms with Gasteiger partial charge in [-0.05, 0) is 35.7 Å². The molecule has 0 radical (unpaired) electrons. The molecule has 1 aliphatic heterocycles. The molecule has 3 rings (SSSR count). The molecular weight excluding hydrogens is 318 g/mol. The summed E-state index contributed by atoms with van der Waals surface area (Å²) in [6.07, 6.45) is 4.40. The molecule has 6 nitrogen and oxygen atoms in total. The zero-order valence-electron chi connectivity index (χ0n) is 14.1. The average Bonchev–Trinajstić information content (AvgIpc) is 3.16. The maximum Gasteiger partial charge on any atom is 0.311 e. The van der Waals surface area contributed by atoms with Crippen LogP contribution in [0.3, 0.4) is 0 Å². The summed E-state index contributed by atoms with van der Waals surface area (Å²) in [6.45, 7) is 1.46. The Morgan fingerprint density at radius 3 is 2.76 bits per heavy atom. The van der Waals surface area contributed by atoms with Crippen molar-refractivity contribution in [3.63, 3.8) is 0 Å². The highest BCUT2D eigenvalue weighted by Gasteiger charge is 2.30. The molecule has 2 heterocycles. The molecule has 1 aromatic carbocycles. The Balaban J connectivity index is 1.51. The summed E-state index contributed by atoms with van der Waals surface area (Å²) in [5.74, 6) is -0.0424. The van der Waals surface area contributed by atoms with Crippen molar-refractivity contribution in [1.82, 2.24) is 15.2 Å². The predicted molar refractivity (Wildman–Crippen MR) is 93.0 cm³/mol. The van der Waals surface area contributed by atoms with Gasteiger partial charge >= 0.3 is 11.8 Å². The molecule has 2 aromatic rings. The number of hydrogen-bond acceptors (Lipinski definition) is 4. The van der Waals surface area contributed by atoms with Gasteiger partial charge in [-0.2, -0.15) is 0 Å². The van der Waals surface area contributed by atoms with Gasteiger partial charge in [0.1, 0.15) is 5.75 Å². The third-order valence-corrected chi connectivity index (χ3v) is 4.44. The van der Waals surface area contributed by atoms with E-state index in [1.807, 2.05) is 42.6 Å². The Bertz CT molecular complexity index is 731. The van der Waals surface area contributed by atoms with Gasteiger partial charge in [-0.25, -0.2) is 0 Å². The molecule has 0 spiro atoms. The summed E-state index contributed by atoms with van der Waals surface area (Å²) in [7, 11) is 1.60. The van der Waals surface area contributed by atoms with Crippen LogP contribution in [0.25, 0.3) is 0 Å². The second kappa shape index (κ2) is 7.79. The van der Waals surface area contributed by atoms with Gasteiger partial charge in [-0.3, -0.25) is 14.6 Å². The van der Waals surface area contributed by atoms with Gasteiger partial charge in [0.25, 0.3) is 0 Å². The van der Waals surface area contributed by atoms with Crippen LogP contribution in [0, 0.1) is 0 Å². The van der Waals surface area contributed by atoms with Crippen LogP contribution in [0.1, 0.15) is 23.5 Å². The number of aromatic nitrogens is 1. The average molecular weight is 339 g/mol. The van der Waals surface area contributed by atoms with E-state index in [9.17, 15) is 9.59 Å². The lowest BCUT2D eigenvalue weighted by atomic mass is 10.0. The predicted octanol–water partition coefficient (Wildman–Crippen LogP) is 1.72. The molecule has 1 fully saturated rings. The van der Waals surface area contributed by atoms with Crippen LogP contribution in [-0.4, -0.2) is 41.9 Å². The number of likely N-dealkylation sites (tertiary alicyclic amines) is 1. The Labute approximate surface area is 146 Å². The van der Waals surface area contributed by atoms with E-state index >= 15 is 0 Å². The fraction of sp³-hybridized carbons (Fsp3) is 0.316. The highest BCUT2D eigenvalue weighted by Crippen LogP contribution is 2.26. The summed E-state index contributed by atoms with van der Waals surface area (Å²) < 4.78 is 5.09. The van der Waals surface area contributed by atoms with Crippen molar-refractivity contribution >= 4 is 11.8 Å². The Kier molecular flexibility index (Phi) is 5.28. The molecule has 0 aliphatic carbocycles. The van der Waals surface area contributed by atoms with Crippen molar-refractivity contribution in [2.24, 2.45) is 0 Å². The van der Waals surface area contributed by atoms with Crippen molar-refractivity contribution in [1.29, 1.82) is 0 Å². The zero-order valence-corrected chi connectivity index (χ0v) is 14.1. The Morgan fingerprint density at radius 1 is 1.28 bits per heavy atom. The van der Waals surface area contributed by atoms with Crippen molar-refractivity contribution in [2.75, 3.05) is 20.2 Å². The highest BCUT2D eigenvalue weighted by atomic mass is 16.5. The number of nitrogens with one attached hydrogen (secondary N) is 1. The first-order valence-electron chi connectivity index (χ1n) is 8.27. The number of hydrogen-bond donors (Lipinski definition) is 1. The monoisotopic (exact) mass is 339 g/mol. The van der Waals surface area contributed by atoms with Crippen LogP contribution < -0.4 is 10.1 Å². The first-order valence-corrected chi connectivity index (χ1v) is 8.27. The summed E-state index contributed by atoms with van der Waals surface area (Å²) in [5, 5.41) is 2.68. The van der Waals surface area contributed by atoms with E-state index in [1.54, 1.807) is 18.2 Å². The normalized spacial score (nSPS) is 16.5. The lowest BCUT2D eigenvalue weighted by molar-refractivity contribution is -0.145. The van der Waals surface area contributed by atoms with Crippen molar-refractivity contribution in [2.45, 2.75) is 18.9 Å². The molecule has 1 unspecified atom stereocenters. The van der Waals surface area contributed by atoms with Gasteiger partial charge < -0.3 is 15.0 Å². The summed E-state index contributed by atoms with van der Waals surface area (Å²) in [5.41, 5.74) is 2.02. The number of methoxy groups -OCH3 is 1. The standard InChI is InChI=1S/C19H21N3O3/c1-25-17-6-4-14(5-7-17)11-21-18(23)19(24)22-10-8-16(13-22)15-3-2-9-20-12-15/h2-7,9,12,16H,8,10-11,13H2,1H3,(H,21,23). The molecule has 1 aliphatic rings. The fourth-order valence-corrected chi connectivity index (χ4v) is 2.98. The Hall–Kier alpha value is -2.89. The van der Waals surface area contributed by atoms with Crippen molar-refractivity contribution in [3.05, 3.63) is 59.9 Å². The smallest absolute Gasteiger partial charge is 0.311 e. The molecule has 25 heavy (non-hydrogen) atoms. The molecule has 0 bridgehead atoms. The second-order valence-electron chi connectivity index (χ2n) is 6.05. The number of benzene rings is 1. The number of nitrogens with zero attached hydrogens (tertiary/aromatic N) is 2. The molecule has 0 saturated carbocycles. The maximum atomic E-state index is 12.3. The van der Waals surface area contributed by atoms with E-state index in [1.165, 1.54) is 0 Å². The van der Waals surface area contributed by atoms with Gasteiger partial charge in [-0.15, -0.1) is 0 Å². The molecule has 1 N–H and O–H groups in total. The van der Waals surface area contributed by atoms with E-state index in [0.717, 1.165) is 23.3 Å². The number of carbonyl (C=O) groups is 2. The summed E-state index contributed by atoms with van der Waals surface area (Å²) >= 11 is 0. The molecule has 1 atom stereocenters. The lowest BCUT2D eigenvalue weighted by Gasteiger charge is -2.16. The number of carbonyl (C=O) groups excluding carboxylic acids is 2. The van der Waals surface area contributed by atoms with Gasteiger partial charge in [0.05, 0.1) is 7.11 Å². The van der Waals surface area contributed by atoms with Crippen LogP contribution in [-0.2, 0) is 16.1 Å². The van der Waals surface area contributed by atoms with Gasteiger partial charge in [0.15, 0.2) is 0 Å². The van der Waals surface area contributed by atoms with Crippen LogP contribution >= 0.6 is 0 Å². The number of rotatable bonds is 4. The molecule has 6 heteroatoms. The zero-order chi connectivity index (χ0) is 17.6. The van der Waals surface area contributed by atoms with E-state index < -0.39 is 11.8 Å². The third kappa shape index (κ3) is 4.15. The van der Waals surface area contributed by atoms with Crippen LogP contribution in [0.4, 0.5) is 0 Å². The second-order valence-corrected chi connectivity index (χ2v) is 6.05. The molecule has 1 aromatic heterocycles. The van der Waals surface area contributed by atoms with Gasteiger partial charge in [0, 0.05) is 37.9 Å². The van der Waals surface area contributed by atoms with Crippen LogP contribution in [0.2, 0.25) is 0 Å². The van der Waals surface area contributed by atoms with E-state index in [0.29, 0.717) is 19.6 Å². The van der Waals surface area contributed by atoms with Gasteiger partial charge in [0.2, 0.25) is 0 Å². The quantitative estimate of drug-likeness (QED) is 0.861. The first kappa shape index (κ1) is 17.0. The molecular formula is C19H21N3O3. The highest BCUT2D eigenvalue weighted by molar-refractivity contribution is 6.35. The fourth-order valence-electron chi connectivity index (χ4n) is 2.98.